The van der Waals surface area contributed by atoms with E-state index in [9.17, 15) is 14.3 Å². The summed E-state index contributed by atoms with van der Waals surface area (Å²) >= 11 is 0. The maximum Gasteiger partial charge on any atom is 0.236 e. The molecular weight excluding hydrogens is 333 g/mol. The summed E-state index contributed by atoms with van der Waals surface area (Å²) in [6.07, 6.45) is 3.70. The summed E-state index contributed by atoms with van der Waals surface area (Å²) < 4.78 is 13.7. The molecule has 144 valence electrons. The van der Waals surface area contributed by atoms with E-state index in [0.29, 0.717) is 24.7 Å². The summed E-state index contributed by atoms with van der Waals surface area (Å²) in [6.45, 7) is 4.10. The number of hydrogen-bond acceptors (Lipinski definition) is 4. The largest absolute Gasteiger partial charge is 0.392 e. The Labute approximate surface area is 155 Å². The molecular formula is C20H30FN3O2. The van der Waals surface area contributed by atoms with Crippen molar-refractivity contribution >= 4 is 5.91 Å². The van der Waals surface area contributed by atoms with Gasteiger partial charge in [0.2, 0.25) is 5.91 Å². The van der Waals surface area contributed by atoms with Gasteiger partial charge in [0, 0.05) is 37.8 Å². The first-order valence-corrected chi connectivity index (χ1v) is 9.65. The van der Waals surface area contributed by atoms with Crippen LogP contribution in [0.15, 0.2) is 24.3 Å². The topological polar surface area (TPSA) is 47.0 Å². The van der Waals surface area contributed by atoms with Crippen molar-refractivity contribution in [1.82, 2.24) is 14.7 Å². The fraction of sp³-hybridized carbons (Fsp3) is 0.650. The molecule has 0 saturated carbocycles. The minimum Gasteiger partial charge on any atom is -0.392 e. The lowest BCUT2D eigenvalue weighted by Crippen LogP contribution is -2.51. The van der Waals surface area contributed by atoms with Crippen LogP contribution in [0.3, 0.4) is 0 Å². The van der Waals surface area contributed by atoms with Gasteiger partial charge in [-0.2, -0.15) is 0 Å². The molecule has 1 aromatic rings. The van der Waals surface area contributed by atoms with Gasteiger partial charge in [-0.15, -0.1) is 0 Å². The molecule has 2 saturated heterocycles. The molecule has 0 aromatic heterocycles. The van der Waals surface area contributed by atoms with Crippen LogP contribution >= 0.6 is 0 Å². The molecule has 2 aliphatic heterocycles. The number of β-amino-alcohol motifs (C(OH)–C–C–N with tert-alkyl or cyclic N) is 1. The summed E-state index contributed by atoms with van der Waals surface area (Å²) in [6, 6.07) is 7.18. The molecule has 5 nitrogen and oxygen atoms in total. The summed E-state index contributed by atoms with van der Waals surface area (Å²) in [7, 11) is 1.85. The zero-order chi connectivity index (χ0) is 18.5. The average molecular weight is 363 g/mol. The minimum atomic E-state index is -0.226. The molecule has 1 atom stereocenters. The van der Waals surface area contributed by atoms with E-state index in [1.165, 1.54) is 6.07 Å². The van der Waals surface area contributed by atoms with Crippen molar-refractivity contribution < 1.29 is 14.3 Å². The average Bonchev–Trinajstić information content (AvgIpc) is 2.64. The van der Waals surface area contributed by atoms with E-state index in [1.54, 1.807) is 12.1 Å². The van der Waals surface area contributed by atoms with Crippen molar-refractivity contribution in [2.45, 2.75) is 44.4 Å². The van der Waals surface area contributed by atoms with Crippen LogP contribution in [0.4, 0.5) is 4.39 Å². The number of hydrogen-bond donors (Lipinski definition) is 1. The van der Waals surface area contributed by atoms with Crippen LogP contribution in [0.1, 0.15) is 31.2 Å². The predicted molar refractivity (Wildman–Crippen MR) is 99.1 cm³/mol. The first-order chi connectivity index (χ1) is 12.5. The Balaban J connectivity index is 1.44. The quantitative estimate of drug-likeness (QED) is 0.865. The third-order valence-corrected chi connectivity index (χ3v) is 5.56. The van der Waals surface area contributed by atoms with Crippen LogP contribution in [0.25, 0.3) is 0 Å². The Kier molecular flexibility index (Phi) is 6.62. The number of aliphatic hydroxyl groups is 1. The number of amides is 1. The molecule has 0 aliphatic carbocycles. The lowest BCUT2D eigenvalue weighted by atomic mass is 9.99. The number of rotatable bonds is 5. The van der Waals surface area contributed by atoms with Gasteiger partial charge in [0.05, 0.1) is 12.6 Å². The highest BCUT2D eigenvalue weighted by atomic mass is 19.1. The molecule has 3 rings (SSSR count). The molecule has 2 heterocycles. The Morgan fingerprint density at radius 2 is 1.96 bits per heavy atom. The summed E-state index contributed by atoms with van der Waals surface area (Å²) in [5, 5.41) is 9.85. The third-order valence-electron chi connectivity index (χ3n) is 5.56. The number of carbonyl (C=O) groups excluding carboxylic acids is 1. The lowest BCUT2D eigenvalue weighted by molar-refractivity contribution is -0.134. The normalized spacial score (nSPS) is 22.8. The minimum absolute atomic E-state index is 0.112. The maximum atomic E-state index is 13.7. The van der Waals surface area contributed by atoms with E-state index < -0.39 is 0 Å². The zero-order valence-corrected chi connectivity index (χ0v) is 15.6. The predicted octanol–water partition coefficient (Wildman–Crippen LogP) is 1.71. The van der Waals surface area contributed by atoms with Crippen LogP contribution in [0.5, 0.6) is 0 Å². The van der Waals surface area contributed by atoms with Crippen molar-refractivity contribution in [3.8, 4) is 0 Å². The lowest BCUT2D eigenvalue weighted by Gasteiger charge is -2.41. The highest BCUT2D eigenvalue weighted by Crippen LogP contribution is 2.21. The first kappa shape index (κ1) is 19.3. The van der Waals surface area contributed by atoms with Crippen molar-refractivity contribution in [2.75, 3.05) is 39.8 Å². The SMILES string of the molecule is CN(CC(=O)N1CCC(N2CCCC(O)C2)CC1)Cc1ccccc1F. The Morgan fingerprint density at radius 1 is 1.23 bits per heavy atom. The molecule has 1 aromatic carbocycles. The summed E-state index contributed by atoms with van der Waals surface area (Å²) in [5.74, 6) is -0.114. The number of piperidine rings is 2. The number of likely N-dealkylation sites (N-methyl/N-ethyl adjacent to an activating group) is 1. The van der Waals surface area contributed by atoms with Crippen molar-refractivity contribution in [3.05, 3.63) is 35.6 Å². The van der Waals surface area contributed by atoms with Gasteiger partial charge in [-0.3, -0.25) is 14.6 Å². The van der Waals surface area contributed by atoms with Gasteiger partial charge in [0.1, 0.15) is 5.82 Å². The number of halogens is 1. The number of benzene rings is 1. The van der Waals surface area contributed by atoms with Crippen LogP contribution in [-0.4, -0.2) is 77.6 Å². The first-order valence-electron chi connectivity index (χ1n) is 9.65. The van der Waals surface area contributed by atoms with Crippen molar-refractivity contribution in [2.24, 2.45) is 0 Å². The van der Waals surface area contributed by atoms with Gasteiger partial charge in [-0.1, -0.05) is 18.2 Å². The van der Waals surface area contributed by atoms with Crippen molar-refractivity contribution in [1.29, 1.82) is 0 Å². The third kappa shape index (κ3) is 5.02. The smallest absolute Gasteiger partial charge is 0.236 e. The van der Waals surface area contributed by atoms with Crippen molar-refractivity contribution in [3.63, 3.8) is 0 Å². The van der Waals surface area contributed by atoms with Gasteiger partial charge in [0.25, 0.3) is 0 Å². The highest BCUT2D eigenvalue weighted by Gasteiger charge is 2.29. The molecule has 2 aliphatic rings. The van der Waals surface area contributed by atoms with Gasteiger partial charge in [-0.25, -0.2) is 4.39 Å². The van der Waals surface area contributed by atoms with E-state index in [0.717, 1.165) is 51.9 Å². The molecule has 0 radical (unpaired) electrons. The summed E-state index contributed by atoms with van der Waals surface area (Å²) in [4.78, 5) is 18.7. The molecule has 2 fully saturated rings. The second-order valence-corrected chi connectivity index (χ2v) is 7.67. The number of nitrogens with zero attached hydrogens (tertiary/aromatic N) is 3. The molecule has 26 heavy (non-hydrogen) atoms. The fourth-order valence-corrected chi connectivity index (χ4v) is 4.10. The van der Waals surface area contributed by atoms with E-state index in [4.69, 9.17) is 0 Å². The van der Waals surface area contributed by atoms with Crippen LogP contribution in [0.2, 0.25) is 0 Å². The van der Waals surface area contributed by atoms with Crippen LogP contribution < -0.4 is 0 Å². The van der Waals surface area contributed by atoms with Gasteiger partial charge < -0.3 is 10.0 Å². The molecule has 0 spiro atoms. The Bertz CT molecular complexity index is 604. The summed E-state index contributed by atoms with van der Waals surface area (Å²) in [5.41, 5.74) is 0.616. The van der Waals surface area contributed by atoms with Gasteiger partial charge >= 0.3 is 0 Å². The van der Waals surface area contributed by atoms with Gasteiger partial charge in [-0.05, 0) is 45.3 Å². The number of carbonyl (C=O) groups is 1. The molecule has 1 unspecified atom stereocenters. The van der Waals surface area contributed by atoms with E-state index in [1.807, 2.05) is 22.9 Å². The zero-order valence-electron chi connectivity index (χ0n) is 15.6. The maximum absolute atomic E-state index is 13.7. The van der Waals surface area contributed by atoms with Crippen LogP contribution in [0, 0.1) is 5.82 Å². The van der Waals surface area contributed by atoms with Gasteiger partial charge in [0.15, 0.2) is 0 Å². The van der Waals surface area contributed by atoms with E-state index >= 15 is 0 Å². The number of likely N-dealkylation sites (tertiary alicyclic amines) is 2. The Morgan fingerprint density at radius 3 is 2.65 bits per heavy atom. The molecule has 6 heteroatoms. The molecule has 1 amide bonds. The highest BCUT2D eigenvalue weighted by molar-refractivity contribution is 5.78. The molecule has 0 bridgehead atoms. The standard InChI is InChI=1S/C20H30FN3O2/c1-22(13-16-5-2-3-7-19(16)21)15-20(26)23-11-8-17(9-12-23)24-10-4-6-18(25)14-24/h2-3,5,7,17-18,25H,4,6,8-15H2,1H3. The number of aliphatic hydroxyl groups excluding tert-OH is 1. The second-order valence-electron chi connectivity index (χ2n) is 7.67. The fourth-order valence-electron chi connectivity index (χ4n) is 4.10. The second kappa shape index (κ2) is 8.93. The van der Waals surface area contributed by atoms with E-state index in [2.05, 4.69) is 4.90 Å². The molecule has 1 N–H and O–H groups in total. The Hall–Kier alpha value is -1.50. The van der Waals surface area contributed by atoms with E-state index in [-0.39, 0.29) is 17.8 Å². The van der Waals surface area contributed by atoms with Crippen LogP contribution in [-0.2, 0) is 11.3 Å². The monoisotopic (exact) mass is 363 g/mol.